The number of fused-ring (bicyclic) bond motifs is 1. The molecule has 3 rings (SSSR count). The van der Waals surface area contributed by atoms with Crippen molar-refractivity contribution in [1.82, 2.24) is 24.7 Å². The number of alkyl halides is 3. The molecule has 5 nitrogen and oxygen atoms in total. The van der Waals surface area contributed by atoms with Crippen LogP contribution in [0.3, 0.4) is 0 Å². The second kappa shape index (κ2) is 4.20. The number of rotatable bonds is 1. The first-order valence-corrected chi connectivity index (χ1v) is 5.84. The molecule has 0 saturated carbocycles. The smallest absolute Gasteiger partial charge is 0.330 e. The second-order valence-electron chi connectivity index (χ2n) is 4.17. The Balaban J connectivity index is 2.40. The van der Waals surface area contributed by atoms with Crippen LogP contribution in [-0.2, 0) is 13.2 Å². The Morgan fingerprint density at radius 1 is 1.30 bits per heavy atom. The number of hydrogen-bond donors (Lipinski definition) is 1. The molecule has 0 amide bonds. The topological polar surface area (TPSA) is 59.4 Å². The van der Waals surface area contributed by atoms with Gasteiger partial charge in [-0.05, 0) is 6.07 Å². The summed E-state index contributed by atoms with van der Waals surface area (Å²) in [5.74, 6) is -0.0251. The number of nitrogens with one attached hydrogen (secondary N) is 1. The quantitative estimate of drug-likeness (QED) is 0.751. The van der Waals surface area contributed by atoms with Crippen LogP contribution in [0.1, 0.15) is 5.56 Å². The summed E-state index contributed by atoms with van der Waals surface area (Å²) < 4.78 is 40.7. The molecule has 0 saturated heterocycles. The average Bonchev–Trinajstić information content (AvgIpc) is 2.91. The fraction of sp³-hybridized carbons (Fsp3) is 0.182. The van der Waals surface area contributed by atoms with Crippen LogP contribution in [0.2, 0.25) is 5.15 Å². The normalized spacial score (nSPS) is 12.2. The van der Waals surface area contributed by atoms with Crippen LogP contribution in [0.15, 0.2) is 18.6 Å². The minimum absolute atomic E-state index is 0.0251. The zero-order valence-electron chi connectivity index (χ0n) is 10.0. The second-order valence-corrected chi connectivity index (χ2v) is 4.57. The predicted octanol–water partition coefficient (Wildman–Crippen LogP) is 3.03. The van der Waals surface area contributed by atoms with Crippen molar-refractivity contribution >= 4 is 22.6 Å². The van der Waals surface area contributed by atoms with Crippen LogP contribution in [-0.4, -0.2) is 24.7 Å². The van der Waals surface area contributed by atoms with Crippen LogP contribution in [0.4, 0.5) is 13.2 Å². The van der Waals surface area contributed by atoms with Gasteiger partial charge in [0.25, 0.3) is 0 Å². The Morgan fingerprint density at radius 2 is 2.05 bits per heavy atom. The molecular weight excluding hydrogens is 295 g/mol. The van der Waals surface area contributed by atoms with E-state index in [0.29, 0.717) is 0 Å². The molecular formula is C11H7ClF3N5. The first-order valence-electron chi connectivity index (χ1n) is 5.46. The Kier molecular flexibility index (Phi) is 2.72. The summed E-state index contributed by atoms with van der Waals surface area (Å²) in [6.45, 7) is 0. The molecule has 3 aromatic rings. The highest BCUT2D eigenvalue weighted by Gasteiger charge is 2.36. The molecule has 9 heteroatoms. The van der Waals surface area contributed by atoms with Gasteiger partial charge in [0.1, 0.15) is 17.1 Å². The minimum Gasteiger partial charge on any atom is -0.330 e. The van der Waals surface area contributed by atoms with Gasteiger partial charge in [-0.15, -0.1) is 0 Å². The number of aromatic nitrogens is 5. The monoisotopic (exact) mass is 301 g/mol. The van der Waals surface area contributed by atoms with Crippen molar-refractivity contribution < 1.29 is 13.2 Å². The third-order valence-corrected chi connectivity index (χ3v) is 2.96. The van der Waals surface area contributed by atoms with Crippen LogP contribution in [0.25, 0.3) is 22.4 Å². The number of nitrogens with zero attached hydrogens (tertiary/aromatic N) is 4. The van der Waals surface area contributed by atoms with Gasteiger partial charge in [-0.25, -0.2) is 9.97 Å². The Hall–Kier alpha value is -2.09. The predicted molar refractivity (Wildman–Crippen MR) is 66.1 cm³/mol. The largest absolute Gasteiger partial charge is 0.418 e. The first kappa shape index (κ1) is 12.9. The third kappa shape index (κ3) is 2.01. The van der Waals surface area contributed by atoms with Gasteiger partial charge in [-0.1, -0.05) is 11.6 Å². The highest BCUT2D eigenvalue weighted by atomic mass is 35.5. The number of pyridine rings is 1. The molecule has 0 aliphatic rings. The van der Waals surface area contributed by atoms with Gasteiger partial charge in [-0.3, -0.25) is 4.68 Å². The maximum Gasteiger partial charge on any atom is 0.418 e. The Morgan fingerprint density at radius 3 is 2.65 bits per heavy atom. The highest BCUT2D eigenvalue weighted by Crippen LogP contribution is 2.39. The molecule has 0 radical (unpaired) electrons. The van der Waals surface area contributed by atoms with E-state index in [2.05, 4.69) is 20.1 Å². The maximum absolute atomic E-state index is 13.1. The van der Waals surface area contributed by atoms with Gasteiger partial charge in [0.05, 0.1) is 5.56 Å². The summed E-state index contributed by atoms with van der Waals surface area (Å²) in [7, 11) is 1.58. The van der Waals surface area contributed by atoms with Crippen molar-refractivity contribution in [3.05, 3.63) is 29.3 Å². The molecule has 0 aromatic carbocycles. The molecule has 20 heavy (non-hydrogen) atoms. The fourth-order valence-electron chi connectivity index (χ4n) is 1.95. The van der Waals surface area contributed by atoms with Crippen LogP contribution in [0.5, 0.6) is 0 Å². The summed E-state index contributed by atoms with van der Waals surface area (Å²) in [6.07, 6.45) is -2.48. The molecule has 1 N–H and O–H groups in total. The molecule has 0 aliphatic heterocycles. The van der Waals surface area contributed by atoms with Crippen molar-refractivity contribution in [2.75, 3.05) is 0 Å². The van der Waals surface area contributed by atoms with Crippen molar-refractivity contribution in [3.8, 4) is 11.4 Å². The van der Waals surface area contributed by atoms with E-state index in [4.69, 9.17) is 11.6 Å². The molecule has 0 aliphatic carbocycles. The molecule has 0 bridgehead atoms. The highest BCUT2D eigenvalue weighted by molar-refractivity contribution is 6.30. The molecule has 0 fully saturated rings. The van der Waals surface area contributed by atoms with Crippen molar-refractivity contribution in [2.24, 2.45) is 7.05 Å². The van der Waals surface area contributed by atoms with E-state index in [9.17, 15) is 13.2 Å². The first-order chi connectivity index (χ1) is 9.36. The maximum atomic E-state index is 13.1. The molecule has 0 unspecified atom stereocenters. The average molecular weight is 302 g/mol. The van der Waals surface area contributed by atoms with Gasteiger partial charge in [0.2, 0.25) is 0 Å². The number of halogens is 4. The van der Waals surface area contributed by atoms with E-state index in [1.807, 2.05) is 0 Å². The lowest BCUT2D eigenvalue weighted by Crippen LogP contribution is -2.09. The van der Waals surface area contributed by atoms with Crippen molar-refractivity contribution in [2.45, 2.75) is 6.18 Å². The summed E-state index contributed by atoms with van der Waals surface area (Å²) in [5, 5.41) is 4.37. The molecule has 3 heterocycles. The van der Waals surface area contributed by atoms with Gasteiger partial charge in [0.15, 0.2) is 5.82 Å². The Bertz CT molecular complexity index is 789. The number of H-pyrrole nitrogens is 1. The number of aryl methyl sites for hydroxylation is 1. The number of hydrogen-bond acceptors (Lipinski definition) is 3. The van der Waals surface area contributed by atoms with Crippen molar-refractivity contribution in [1.29, 1.82) is 0 Å². The van der Waals surface area contributed by atoms with E-state index in [1.165, 1.54) is 17.1 Å². The van der Waals surface area contributed by atoms with Crippen LogP contribution in [0, 0.1) is 0 Å². The lowest BCUT2D eigenvalue weighted by molar-refractivity contribution is -0.137. The van der Waals surface area contributed by atoms with E-state index < -0.39 is 11.7 Å². The van der Waals surface area contributed by atoms with Gasteiger partial charge < -0.3 is 4.98 Å². The zero-order chi connectivity index (χ0) is 14.5. The third-order valence-electron chi connectivity index (χ3n) is 2.75. The lowest BCUT2D eigenvalue weighted by Gasteiger charge is -2.10. The van der Waals surface area contributed by atoms with Crippen LogP contribution >= 0.6 is 11.6 Å². The van der Waals surface area contributed by atoms with Crippen molar-refractivity contribution in [3.63, 3.8) is 0 Å². The minimum atomic E-state index is -4.56. The summed E-state index contributed by atoms with van der Waals surface area (Å²) in [4.78, 5) is 10.3. The van der Waals surface area contributed by atoms with Gasteiger partial charge in [0, 0.05) is 24.2 Å². The molecule has 0 atom stereocenters. The van der Waals surface area contributed by atoms with E-state index in [-0.39, 0.29) is 27.6 Å². The van der Waals surface area contributed by atoms with E-state index >= 15 is 0 Å². The summed E-state index contributed by atoms with van der Waals surface area (Å²) in [5.41, 5.74) is -0.774. The summed E-state index contributed by atoms with van der Waals surface area (Å²) >= 11 is 5.79. The van der Waals surface area contributed by atoms with Gasteiger partial charge in [-0.2, -0.15) is 18.3 Å². The van der Waals surface area contributed by atoms with Crippen LogP contribution < -0.4 is 0 Å². The SMILES string of the molecule is Cn1cnc(-c2c(C(F)(F)F)cnc3[nH]c(Cl)cc23)n1. The van der Waals surface area contributed by atoms with E-state index in [1.54, 1.807) is 7.05 Å². The Labute approximate surface area is 115 Å². The van der Waals surface area contributed by atoms with Gasteiger partial charge >= 0.3 is 6.18 Å². The fourth-order valence-corrected chi connectivity index (χ4v) is 2.15. The molecule has 3 aromatic heterocycles. The molecule has 0 spiro atoms. The van der Waals surface area contributed by atoms with E-state index in [0.717, 1.165) is 6.20 Å². The number of aromatic amines is 1. The standard InChI is InChI=1S/C11H7ClF3N5/c1-20-4-17-10(19-20)8-5-2-7(12)18-9(5)16-3-6(8)11(13,14)15/h2-4H,1H3,(H,16,18). The summed E-state index contributed by atoms with van der Waals surface area (Å²) in [6, 6.07) is 1.38. The lowest BCUT2D eigenvalue weighted by atomic mass is 10.1. The zero-order valence-corrected chi connectivity index (χ0v) is 10.8. The molecule has 104 valence electrons.